The first kappa shape index (κ1) is 10.6. The Morgan fingerprint density at radius 3 is 3.00 bits per heavy atom. The fraction of sp³-hybridized carbons (Fsp3) is 0.625. The first-order chi connectivity index (χ1) is 6.61. The summed E-state index contributed by atoms with van der Waals surface area (Å²) < 4.78 is 1.82. The molecule has 0 aliphatic carbocycles. The molecule has 0 saturated heterocycles. The van der Waals surface area contributed by atoms with E-state index in [9.17, 15) is 4.79 Å². The zero-order valence-corrected chi connectivity index (χ0v) is 8.40. The van der Waals surface area contributed by atoms with Crippen LogP contribution in [0, 0.1) is 5.92 Å². The minimum Gasteiger partial charge on any atom is -0.369 e. The molecule has 6 heteroatoms. The van der Waals surface area contributed by atoms with Gasteiger partial charge in [-0.2, -0.15) is 0 Å². The van der Waals surface area contributed by atoms with Crippen LogP contribution in [0.4, 0.5) is 0 Å². The molecule has 1 heterocycles. The number of aryl methyl sites for hydroxylation is 1. The average molecular weight is 197 g/mol. The Labute approximate surface area is 82.5 Å². The summed E-state index contributed by atoms with van der Waals surface area (Å²) in [5.74, 6) is 0.375. The summed E-state index contributed by atoms with van der Waals surface area (Å²) >= 11 is 0. The Balaban J connectivity index is 2.29. The molecule has 14 heavy (non-hydrogen) atoms. The van der Waals surface area contributed by atoms with Crippen LogP contribution in [0.5, 0.6) is 0 Å². The molecule has 0 spiro atoms. The predicted molar refractivity (Wildman–Crippen MR) is 51.1 cm³/mol. The molecule has 1 atom stereocenters. The van der Waals surface area contributed by atoms with Gasteiger partial charge in [0.25, 0.3) is 0 Å². The predicted octanol–water partition coefficient (Wildman–Crippen LogP) is -0.974. The summed E-state index contributed by atoms with van der Waals surface area (Å²) in [7, 11) is 1.87. The number of rotatable bonds is 5. The normalized spacial score (nSPS) is 12.7. The summed E-state index contributed by atoms with van der Waals surface area (Å²) in [6.07, 6.45) is 1.63. The molecule has 0 aliphatic rings. The number of hydrogen-bond donors (Lipinski definition) is 2. The summed E-state index contributed by atoms with van der Waals surface area (Å²) in [6, 6.07) is 0. The number of hydrogen-bond acceptors (Lipinski definition) is 4. The van der Waals surface area contributed by atoms with Gasteiger partial charge in [0.05, 0.1) is 6.54 Å². The van der Waals surface area contributed by atoms with Gasteiger partial charge in [-0.05, 0) is 0 Å². The van der Waals surface area contributed by atoms with E-state index in [1.807, 2.05) is 11.6 Å². The van der Waals surface area contributed by atoms with Gasteiger partial charge in [-0.25, -0.2) is 0 Å². The van der Waals surface area contributed by atoms with Crippen LogP contribution in [-0.2, 0) is 18.4 Å². The molecule has 0 radical (unpaired) electrons. The molecule has 1 aromatic rings. The Morgan fingerprint density at radius 1 is 1.79 bits per heavy atom. The molecule has 0 saturated carbocycles. The highest BCUT2D eigenvalue weighted by Gasteiger charge is 2.08. The van der Waals surface area contributed by atoms with Gasteiger partial charge < -0.3 is 15.6 Å². The first-order valence-electron chi connectivity index (χ1n) is 4.44. The maximum Gasteiger partial charge on any atom is 0.221 e. The smallest absolute Gasteiger partial charge is 0.221 e. The highest BCUT2D eigenvalue weighted by Crippen LogP contribution is 1.93. The number of nitrogens with zero attached hydrogens (tertiary/aromatic N) is 3. The zero-order chi connectivity index (χ0) is 10.6. The molecular weight excluding hydrogens is 182 g/mol. The van der Waals surface area contributed by atoms with Crippen molar-refractivity contribution in [1.29, 1.82) is 0 Å². The van der Waals surface area contributed by atoms with Crippen molar-refractivity contribution >= 4 is 5.91 Å². The first-order valence-corrected chi connectivity index (χ1v) is 4.44. The van der Waals surface area contributed by atoms with Crippen molar-refractivity contribution < 1.29 is 4.79 Å². The number of aromatic nitrogens is 3. The van der Waals surface area contributed by atoms with E-state index >= 15 is 0 Å². The van der Waals surface area contributed by atoms with Crippen LogP contribution < -0.4 is 11.1 Å². The van der Waals surface area contributed by atoms with Gasteiger partial charge in [-0.15, -0.1) is 10.2 Å². The van der Waals surface area contributed by atoms with Crippen molar-refractivity contribution in [1.82, 2.24) is 20.1 Å². The van der Waals surface area contributed by atoms with E-state index in [1.165, 1.54) is 0 Å². The van der Waals surface area contributed by atoms with E-state index in [1.54, 1.807) is 13.3 Å². The van der Waals surface area contributed by atoms with Gasteiger partial charge in [-0.3, -0.25) is 4.79 Å². The number of carbonyl (C=O) groups excluding carboxylic acids is 1. The van der Waals surface area contributed by atoms with Crippen LogP contribution in [0.25, 0.3) is 0 Å². The minimum atomic E-state index is -0.296. The Hall–Kier alpha value is -1.43. The van der Waals surface area contributed by atoms with E-state index in [-0.39, 0.29) is 11.8 Å². The fourth-order valence-corrected chi connectivity index (χ4v) is 0.968. The quantitative estimate of drug-likeness (QED) is 0.635. The lowest BCUT2D eigenvalue weighted by atomic mass is 10.2. The molecular formula is C8H15N5O. The molecule has 1 unspecified atom stereocenters. The summed E-state index contributed by atoms with van der Waals surface area (Å²) in [5.41, 5.74) is 5.11. The monoisotopic (exact) mass is 197 g/mol. The van der Waals surface area contributed by atoms with Gasteiger partial charge >= 0.3 is 0 Å². The van der Waals surface area contributed by atoms with Crippen molar-refractivity contribution in [2.24, 2.45) is 18.7 Å². The number of primary amides is 1. The molecule has 0 bridgehead atoms. The molecule has 3 N–H and O–H groups in total. The maximum atomic E-state index is 10.7. The fourth-order valence-electron chi connectivity index (χ4n) is 0.968. The lowest BCUT2D eigenvalue weighted by Crippen LogP contribution is -2.31. The van der Waals surface area contributed by atoms with Gasteiger partial charge in [0, 0.05) is 19.5 Å². The van der Waals surface area contributed by atoms with E-state index in [4.69, 9.17) is 5.73 Å². The Bertz CT molecular complexity index is 308. The van der Waals surface area contributed by atoms with Crippen molar-refractivity contribution in [2.75, 3.05) is 6.54 Å². The second kappa shape index (κ2) is 4.71. The van der Waals surface area contributed by atoms with Gasteiger partial charge in [0.15, 0.2) is 0 Å². The van der Waals surface area contributed by atoms with Crippen molar-refractivity contribution in [2.45, 2.75) is 13.5 Å². The van der Waals surface area contributed by atoms with E-state index < -0.39 is 0 Å². The molecule has 6 nitrogen and oxygen atoms in total. The van der Waals surface area contributed by atoms with Crippen LogP contribution in [0.15, 0.2) is 6.33 Å². The Morgan fingerprint density at radius 2 is 2.50 bits per heavy atom. The molecule has 0 aromatic carbocycles. The largest absolute Gasteiger partial charge is 0.369 e. The molecule has 1 amide bonds. The summed E-state index contributed by atoms with van der Waals surface area (Å²) in [5, 5.41) is 10.7. The Kier molecular flexibility index (Phi) is 3.58. The standard InChI is InChI=1S/C8H15N5O/c1-6(8(9)14)3-10-4-7-12-11-5-13(7)2/h5-6,10H,3-4H2,1-2H3,(H2,9,14). The highest BCUT2D eigenvalue weighted by atomic mass is 16.1. The molecule has 0 aliphatic heterocycles. The van der Waals surface area contributed by atoms with Crippen LogP contribution >= 0.6 is 0 Å². The second-order valence-corrected chi connectivity index (χ2v) is 3.29. The third-order valence-corrected chi connectivity index (χ3v) is 2.02. The average Bonchev–Trinajstić information content (AvgIpc) is 2.51. The number of carbonyl (C=O) groups is 1. The van der Waals surface area contributed by atoms with E-state index in [0.29, 0.717) is 13.1 Å². The van der Waals surface area contributed by atoms with Gasteiger partial charge in [0.1, 0.15) is 12.2 Å². The third-order valence-electron chi connectivity index (χ3n) is 2.02. The summed E-state index contributed by atoms with van der Waals surface area (Å²) in [6.45, 7) is 2.93. The van der Waals surface area contributed by atoms with Crippen LogP contribution in [-0.4, -0.2) is 27.2 Å². The highest BCUT2D eigenvalue weighted by molar-refractivity contribution is 5.76. The molecule has 1 aromatic heterocycles. The number of nitrogens with one attached hydrogen (secondary N) is 1. The van der Waals surface area contributed by atoms with Crippen molar-refractivity contribution in [3.63, 3.8) is 0 Å². The number of amides is 1. The molecule has 78 valence electrons. The van der Waals surface area contributed by atoms with Crippen molar-refractivity contribution in [3.05, 3.63) is 12.2 Å². The number of nitrogens with two attached hydrogens (primary N) is 1. The third kappa shape index (κ3) is 2.81. The topological polar surface area (TPSA) is 85.8 Å². The maximum absolute atomic E-state index is 10.7. The molecule has 1 rings (SSSR count). The van der Waals surface area contributed by atoms with Crippen LogP contribution in [0.3, 0.4) is 0 Å². The summed E-state index contributed by atoms with van der Waals surface area (Å²) in [4.78, 5) is 10.7. The van der Waals surface area contributed by atoms with Gasteiger partial charge in [-0.1, -0.05) is 6.92 Å². The van der Waals surface area contributed by atoms with E-state index in [0.717, 1.165) is 5.82 Å². The van der Waals surface area contributed by atoms with Crippen LogP contribution in [0.2, 0.25) is 0 Å². The molecule has 0 fully saturated rings. The van der Waals surface area contributed by atoms with Crippen LogP contribution in [0.1, 0.15) is 12.7 Å². The van der Waals surface area contributed by atoms with Crippen molar-refractivity contribution in [3.8, 4) is 0 Å². The second-order valence-electron chi connectivity index (χ2n) is 3.29. The SMILES string of the molecule is CC(CNCc1nncn1C)C(N)=O. The van der Waals surface area contributed by atoms with E-state index in [2.05, 4.69) is 15.5 Å². The lowest BCUT2D eigenvalue weighted by Gasteiger charge is -2.07. The van der Waals surface area contributed by atoms with Gasteiger partial charge in [0.2, 0.25) is 5.91 Å². The zero-order valence-electron chi connectivity index (χ0n) is 8.40. The lowest BCUT2D eigenvalue weighted by molar-refractivity contribution is -0.121. The minimum absolute atomic E-state index is 0.164.